The fourth-order valence-corrected chi connectivity index (χ4v) is 2.15. The van der Waals surface area contributed by atoms with Crippen LogP contribution in [0.1, 0.15) is 25.3 Å². The first-order valence-corrected chi connectivity index (χ1v) is 6.51. The molecule has 0 aromatic heterocycles. The van der Waals surface area contributed by atoms with E-state index in [1.807, 2.05) is 31.2 Å². The quantitative estimate of drug-likeness (QED) is 0.744. The lowest BCUT2D eigenvalue weighted by molar-refractivity contribution is -0.130. The Kier molecular flexibility index (Phi) is 4.37. The van der Waals surface area contributed by atoms with Crippen molar-refractivity contribution in [1.29, 1.82) is 0 Å². The van der Waals surface area contributed by atoms with Crippen LogP contribution in [0.2, 0.25) is 0 Å². The van der Waals surface area contributed by atoms with E-state index in [1.54, 1.807) is 7.11 Å². The maximum absolute atomic E-state index is 12.2. The van der Waals surface area contributed by atoms with Crippen molar-refractivity contribution in [1.82, 2.24) is 0 Å². The number of ether oxygens (including phenoxy) is 2. The zero-order valence-electron chi connectivity index (χ0n) is 11.0. The van der Waals surface area contributed by atoms with E-state index in [9.17, 15) is 4.79 Å². The van der Waals surface area contributed by atoms with Gasteiger partial charge in [0.1, 0.15) is 11.9 Å². The molecule has 1 aromatic rings. The Labute approximate surface area is 108 Å². The van der Waals surface area contributed by atoms with E-state index in [4.69, 9.17) is 9.47 Å². The molecule has 1 fully saturated rings. The van der Waals surface area contributed by atoms with Crippen LogP contribution in [0.4, 0.5) is 0 Å². The molecule has 1 atom stereocenters. The van der Waals surface area contributed by atoms with E-state index in [1.165, 1.54) is 0 Å². The molecular weight excluding hydrogens is 228 g/mol. The molecule has 0 aliphatic heterocycles. The van der Waals surface area contributed by atoms with Crippen molar-refractivity contribution in [2.75, 3.05) is 13.7 Å². The van der Waals surface area contributed by atoms with E-state index in [0.717, 1.165) is 24.2 Å². The molecule has 1 aliphatic rings. The molecule has 1 aliphatic carbocycles. The molecule has 1 saturated carbocycles. The van der Waals surface area contributed by atoms with Gasteiger partial charge in [0.05, 0.1) is 7.11 Å². The lowest BCUT2D eigenvalue weighted by Gasteiger charge is -2.15. The van der Waals surface area contributed by atoms with Gasteiger partial charge >= 0.3 is 0 Å². The van der Waals surface area contributed by atoms with Crippen molar-refractivity contribution >= 4 is 5.78 Å². The topological polar surface area (TPSA) is 35.5 Å². The van der Waals surface area contributed by atoms with Crippen molar-refractivity contribution in [3.05, 3.63) is 29.8 Å². The Bertz CT molecular complexity index is 410. The third-order valence-corrected chi connectivity index (χ3v) is 3.23. The van der Waals surface area contributed by atoms with Gasteiger partial charge in [0.2, 0.25) is 0 Å². The highest BCUT2D eigenvalue weighted by molar-refractivity contribution is 5.86. The highest BCUT2D eigenvalue weighted by Gasteiger charge is 2.36. The highest BCUT2D eigenvalue weighted by Crippen LogP contribution is 2.35. The molecule has 0 saturated heterocycles. The summed E-state index contributed by atoms with van der Waals surface area (Å²) >= 11 is 0. The smallest absolute Gasteiger partial charge is 0.166 e. The molecule has 2 rings (SSSR count). The lowest BCUT2D eigenvalue weighted by atomic mass is 10.0. The number of rotatable bonds is 7. The van der Waals surface area contributed by atoms with Crippen LogP contribution in [0.5, 0.6) is 5.75 Å². The molecule has 0 spiro atoms. The summed E-state index contributed by atoms with van der Waals surface area (Å²) in [5.41, 5.74) is 0.990. The molecule has 0 radical (unpaired) electrons. The van der Waals surface area contributed by atoms with Crippen LogP contribution in [0, 0.1) is 5.92 Å². The summed E-state index contributed by atoms with van der Waals surface area (Å²) in [4.78, 5) is 12.2. The van der Waals surface area contributed by atoms with Gasteiger partial charge in [-0.2, -0.15) is 0 Å². The molecular formula is C15H20O3. The number of ketones is 1. The number of hydrogen-bond donors (Lipinski definition) is 0. The Morgan fingerprint density at radius 2 is 2.22 bits per heavy atom. The predicted molar refractivity (Wildman–Crippen MR) is 69.8 cm³/mol. The van der Waals surface area contributed by atoms with Gasteiger partial charge in [-0.3, -0.25) is 4.79 Å². The van der Waals surface area contributed by atoms with E-state index in [-0.39, 0.29) is 11.9 Å². The Hall–Kier alpha value is -1.35. The number of benzene rings is 1. The first-order chi connectivity index (χ1) is 8.74. The van der Waals surface area contributed by atoms with Crippen LogP contribution >= 0.6 is 0 Å². The van der Waals surface area contributed by atoms with Crippen molar-refractivity contribution in [3.8, 4) is 5.75 Å². The summed E-state index contributed by atoms with van der Waals surface area (Å²) < 4.78 is 10.7. The molecule has 0 N–H and O–H groups in total. The number of carbonyl (C=O) groups is 1. The average Bonchev–Trinajstić information content (AvgIpc) is 3.20. The van der Waals surface area contributed by atoms with Crippen LogP contribution in [0.3, 0.4) is 0 Å². The molecule has 18 heavy (non-hydrogen) atoms. The first kappa shape index (κ1) is 13.1. The molecule has 1 aromatic carbocycles. The first-order valence-electron chi connectivity index (χ1n) is 6.51. The van der Waals surface area contributed by atoms with Crippen molar-refractivity contribution in [3.63, 3.8) is 0 Å². The Morgan fingerprint density at radius 3 is 2.83 bits per heavy atom. The van der Waals surface area contributed by atoms with E-state index >= 15 is 0 Å². The van der Waals surface area contributed by atoms with Crippen molar-refractivity contribution < 1.29 is 14.3 Å². The van der Waals surface area contributed by atoms with Crippen LogP contribution < -0.4 is 4.74 Å². The zero-order chi connectivity index (χ0) is 13.0. The van der Waals surface area contributed by atoms with Gasteiger partial charge in [-0.1, -0.05) is 12.1 Å². The van der Waals surface area contributed by atoms with Gasteiger partial charge in [-0.25, -0.2) is 0 Å². The third kappa shape index (κ3) is 3.33. The van der Waals surface area contributed by atoms with Crippen molar-refractivity contribution in [2.45, 2.75) is 32.3 Å². The second kappa shape index (κ2) is 6.01. The minimum Gasteiger partial charge on any atom is -0.497 e. The van der Waals surface area contributed by atoms with Crippen molar-refractivity contribution in [2.24, 2.45) is 5.92 Å². The minimum absolute atomic E-state index is 0.188. The minimum atomic E-state index is -0.207. The summed E-state index contributed by atoms with van der Waals surface area (Å²) in [7, 11) is 1.63. The van der Waals surface area contributed by atoms with Gasteiger partial charge < -0.3 is 9.47 Å². The van der Waals surface area contributed by atoms with Gasteiger partial charge in [0.25, 0.3) is 0 Å². The summed E-state index contributed by atoms with van der Waals surface area (Å²) in [5.74, 6) is 1.43. The molecule has 1 unspecified atom stereocenters. The molecule has 0 amide bonds. The Balaban J connectivity index is 2.00. The second-order valence-electron chi connectivity index (χ2n) is 4.71. The average molecular weight is 248 g/mol. The SMILES string of the molecule is CCOC(C(=O)Cc1cccc(OC)c1)C1CC1. The van der Waals surface area contributed by atoms with Crippen LogP contribution in [-0.2, 0) is 16.0 Å². The van der Waals surface area contributed by atoms with E-state index < -0.39 is 0 Å². The molecule has 0 bridgehead atoms. The molecule has 3 heteroatoms. The van der Waals surface area contributed by atoms with Crippen LogP contribution in [0.25, 0.3) is 0 Å². The van der Waals surface area contributed by atoms with Gasteiger partial charge in [0.15, 0.2) is 5.78 Å². The lowest BCUT2D eigenvalue weighted by Crippen LogP contribution is -2.28. The second-order valence-corrected chi connectivity index (χ2v) is 4.71. The molecule has 98 valence electrons. The maximum Gasteiger partial charge on any atom is 0.166 e. The van der Waals surface area contributed by atoms with Crippen LogP contribution in [-0.4, -0.2) is 25.6 Å². The van der Waals surface area contributed by atoms with Crippen LogP contribution in [0.15, 0.2) is 24.3 Å². The normalized spacial score (nSPS) is 16.3. The van der Waals surface area contributed by atoms with Gasteiger partial charge in [-0.15, -0.1) is 0 Å². The van der Waals surface area contributed by atoms with Gasteiger partial charge in [-0.05, 0) is 43.4 Å². The summed E-state index contributed by atoms with van der Waals surface area (Å²) in [5, 5.41) is 0. The van der Waals surface area contributed by atoms with E-state index in [2.05, 4.69) is 0 Å². The predicted octanol–water partition coefficient (Wildman–Crippen LogP) is 2.62. The summed E-state index contributed by atoms with van der Waals surface area (Å²) in [6, 6.07) is 7.66. The largest absolute Gasteiger partial charge is 0.497 e. The fourth-order valence-electron chi connectivity index (χ4n) is 2.15. The number of hydrogen-bond acceptors (Lipinski definition) is 3. The maximum atomic E-state index is 12.2. The Morgan fingerprint density at radius 1 is 1.44 bits per heavy atom. The highest BCUT2D eigenvalue weighted by atomic mass is 16.5. The molecule has 0 heterocycles. The zero-order valence-corrected chi connectivity index (χ0v) is 11.0. The summed E-state index contributed by atoms with van der Waals surface area (Å²) in [6.07, 6.45) is 2.46. The number of methoxy groups -OCH3 is 1. The number of carbonyl (C=O) groups excluding carboxylic acids is 1. The fraction of sp³-hybridized carbons (Fsp3) is 0.533. The number of Topliss-reactive ketones (excluding diaryl/α,β-unsaturated/α-hetero) is 1. The van der Waals surface area contributed by atoms with Gasteiger partial charge in [0, 0.05) is 13.0 Å². The van der Waals surface area contributed by atoms with E-state index in [0.29, 0.717) is 18.9 Å². The third-order valence-electron chi connectivity index (χ3n) is 3.23. The summed E-state index contributed by atoms with van der Waals surface area (Å²) in [6.45, 7) is 2.54. The monoisotopic (exact) mass is 248 g/mol. The standard InChI is InChI=1S/C15H20O3/c1-3-18-15(12-7-8-12)14(16)10-11-5-4-6-13(9-11)17-2/h4-6,9,12,15H,3,7-8,10H2,1-2H3. The molecule has 3 nitrogen and oxygen atoms in total.